The highest BCUT2D eigenvalue weighted by Gasteiger charge is 2.18. The van der Waals surface area contributed by atoms with Gasteiger partial charge in [-0.1, -0.05) is 6.92 Å². The molecular weight excluding hydrogens is 344 g/mol. The second-order valence-corrected chi connectivity index (χ2v) is 5.62. The molecule has 3 rings (SSSR count). The number of H-pyrrole nitrogens is 1. The monoisotopic (exact) mass is 352 g/mol. The minimum atomic E-state index is 0.868. The first-order valence-corrected chi connectivity index (χ1v) is 7.04. The van der Waals surface area contributed by atoms with Gasteiger partial charge in [0.2, 0.25) is 0 Å². The fourth-order valence-corrected chi connectivity index (χ4v) is 2.94. The lowest BCUT2D eigenvalue weighted by atomic mass is 10.1. The minimum absolute atomic E-state index is 0.868. The number of halogens is 2. The highest BCUT2D eigenvalue weighted by Crippen LogP contribution is 2.38. The Hall–Kier alpha value is -0.870. The van der Waals surface area contributed by atoms with Crippen molar-refractivity contribution >= 4 is 42.8 Å². The third-order valence-electron chi connectivity index (χ3n) is 3.01. The summed E-state index contributed by atoms with van der Waals surface area (Å²) in [5, 5.41) is 1.24. The standard InChI is InChI=1S/C13H10Br2N2/c1-2-7-8-3-5-10(14)16-12(8)13-9(7)4-6-11(15)17-13/h3-6,16H,2H2,1H3. The molecule has 1 aromatic heterocycles. The number of pyridine rings is 2. The van der Waals surface area contributed by atoms with Crippen molar-refractivity contribution in [1.29, 1.82) is 0 Å². The summed E-state index contributed by atoms with van der Waals surface area (Å²) in [4.78, 5) is 7.93. The van der Waals surface area contributed by atoms with Crippen molar-refractivity contribution in [3.8, 4) is 11.3 Å². The van der Waals surface area contributed by atoms with Gasteiger partial charge in [-0.15, -0.1) is 0 Å². The van der Waals surface area contributed by atoms with Gasteiger partial charge in [-0.25, -0.2) is 4.98 Å². The van der Waals surface area contributed by atoms with E-state index >= 15 is 0 Å². The maximum Gasteiger partial charge on any atom is 0.106 e. The number of rotatable bonds is 1. The van der Waals surface area contributed by atoms with E-state index in [0.29, 0.717) is 0 Å². The normalized spacial score (nSPS) is 11.5. The molecule has 1 aliphatic carbocycles. The number of nitrogens with one attached hydrogen (secondary N) is 1. The lowest BCUT2D eigenvalue weighted by Crippen LogP contribution is -1.85. The summed E-state index contributed by atoms with van der Waals surface area (Å²) in [5.41, 5.74) is 4.76. The fourth-order valence-electron chi connectivity index (χ4n) is 2.30. The van der Waals surface area contributed by atoms with Crippen LogP contribution in [0.4, 0.5) is 0 Å². The summed E-state index contributed by atoms with van der Waals surface area (Å²) in [6, 6.07) is 8.31. The van der Waals surface area contributed by atoms with E-state index in [2.05, 4.69) is 60.9 Å². The first-order chi connectivity index (χ1) is 8.20. The average Bonchev–Trinajstić information content (AvgIpc) is 2.62. The SMILES string of the molecule is CCc1c2ccc(Br)[nH]c-2c2nc(Br)ccc12. The van der Waals surface area contributed by atoms with Crippen LogP contribution in [0.15, 0.2) is 33.5 Å². The van der Waals surface area contributed by atoms with Gasteiger partial charge in [0.05, 0.1) is 15.8 Å². The highest BCUT2D eigenvalue weighted by atomic mass is 79.9. The summed E-state index contributed by atoms with van der Waals surface area (Å²) in [7, 11) is 0. The number of aryl methyl sites for hydroxylation is 1. The Bertz CT molecular complexity index is 673. The van der Waals surface area contributed by atoms with E-state index in [1.165, 1.54) is 16.5 Å². The maximum absolute atomic E-state index is 4.58. The van der Waals surface area contributed by atoms with Gasteiger partial charge >= 0.3 is 0 Å². The van der Waals surface area contributed by atoms with Crippen LogP contribution in [-0.4, -0.2) is 9.97 Å². The molecule has 4 heteroatoms. The van der Waals surface area contributed by atoms with Gasteiger partial charge in [0.15, 0.2) is 0 Å². The lowest BCUT2D eigenvalue weighted by molar-refractivity contribution is 1.16. The molecule has 1 N–H and O–H groups in total. The van der Waals surface area contributed by atoms with E-state index in [4.69, 9.17) is 0 Å². The molecule has 2 aliphatic rings. The smallest absolute Gasteiger partial charge is 0.106 e. The maximum atomic E-state index is 4.58. The largest absolute Gasteiger partial charge is 0.348 e. The summed E-state index contributed by atoms with van der Waals surface area (Å²) in [6.45, 7) is 2.18. The van der Waals surface area contributed by atoms with Gasteiger partial charge in [-0.3, -0.25) is 0 Å². The number of hydrogen-bond acceptors (Lipinski definition) is 1. The molecule has 17 heavy (non-hydrogen) atoms. The molecule has 1 aliphatic heterocycles. The van der Waals surface area contributed by atoms with Crippen LogP contribution in [0.1, 0.15) is 12.5 Å². The Morgan fingerprint density at radius 2 is 2.00 bits per heavy atom. The van der Waals surface area contributed by atoms with Gasteiger partial charge in [-0.2, -0.15) is 0 Å². The van der Waals surface area contributed by atoms with Gasteiger partial charge in [0.1, 0.15) is 4.60 Å². The topological polar surface area (TPSA) is 28.7 Å². The van der Waals surface area contributed by atoms with Crippen molar-refractivity contribution in [2.75, 3.05) is 0 Å². The van der Waals surface area contributed by atoms with Gasteiger partial charge in [0.25, 0.3) is 0 Å². The first-order valence-electron chi connectivity index (χ1n) is 5.46. The van der Waals surface area contributed by atoms with Gasteiger partial charge < -0.3 is 4.98 Å². The molecule has 86 valence electrons. The number of aromatic amines is 1. The molecule has 0 saturated heterocycles. The molecule has 2 nitrogen and oxygen atoms in total. The molecule has 0 atom stereocenters. The average molecular weight is 354 g/mol. The van der Waals surface area contributed by atoms with Crippen LogP contribution >= 0.6 is 31.9 Å². The van der Waals surface area contributed by atoms with Crippen molar-refractivity contribution in [3.63, 3.8) is 0 Å². The molecule has 0 fully saturated rings. The molecule has 0 amide bonds. The van der Waals surface area contributed by atoms with E-state index in [1.54, 1.807) is 0 Å². The van der Waals surface area contributed by atoms with Crippen molar-refractivity contribution < 1.29 is 0 Å². The third-order valence-corrected chi connectivity index (χ3v) is 3.92. The highest BCUT2D eigenvalue weighted by molar-refractivity contribution is 9.10. The zero-order chi connectivity index (χ0) is 12.0. The van der Waals surface area contributed by atoms with Crippen LogP contribution in [0.5, 0.6) is 0 Å². The number of fused-ring (bicyclic) bond motifs is 3. The number of nitrogens with zero attached hydrogens (tertiary/aromatic N) is 1. The predicted octanol–water partition coefficient (Wildman–Crippen LogP) is 4.76. The van der Waals surface area contributed by atoms with Crippen LogP contribution in [0.25, 0.3) is 22.2 Å². The molecule has 0 unspecified atom stereocenters. The van der Waals surface area contributed by atoms with Crippen LogP contribution in [0.2, 0.25) is 0 Å². The Morgan fingerprint density at radius 1 is 1.18 bits per heavy atom. The van der Waals surface area contributed by atoms with Crippen LogP contribution < -0.4 is 0 Å². The second-order valence-electron chi connectivity index (χ2n) is 3.96. The second kappa shape index (κ2) is 4.10. The Kier molecular flexibility index (Phi) is 2.71. The van der Waals surface area contributed by atoms with Crippen molar-refractivity contribution in [2.45, 2.75) is 13.3 Å². The van der Waals surface area contributed by atoms with Gasteiger partial charge in [-0.05, 0) is 68.1 Å². The lowest BCUT2D eigenvalue weighted by Gasteiger charge is -2.02. The van der Waals surface area contributed by atoms with Crippen LogP contribution in [-0.2, 0) is 6.42 Å². The zero-order valence-corrected chi connectivity index (χ0v) is 12.4. The molecule has 0 spiro atoms. The predicted molar refractivity (Wildman–Crippen MR) is 77.5 cm³/mol. The minimum Gasteiger partial charge on any atom is -0.348 e. The Labute approximate surface area is 116 Å². The molecule has 0 radical (unpaired) electrons. The zero-order valence-electron chi connectivity index (χ0n) is 9.22. The van der Waals surface area contributed by atoms with E-state index in [1.807, 2.05) is 12.1 Å². The van der Waals surface area contributed by atoms with Crippen molar-refractivity contribution in [2.24, 2.45) is 0 Å². The molecule has 1 aromatic rings. The van der Waals surface area contributed by atoms with Crippen LogP contribution in [0, 0.1) is 0 Å². The quantitative estimate of drug-likeness (QED) is 0.628. The summed E-state index contributed by atoms with van der Waals surface area (Å²) >= 11 is 6.90. The van der Waals surface area contributed by atoms with Crippen LogP contribution in [0.3, 0.4) is 0 Å². The molecule has 0 saturated carbocycles. The molecule has 2 heterocycles. The van der Waals surface area contributed by atoms with Gasteiger partial charge in [0, 0.05) is 10.9 Å². The van der Waals surface area contributed by atoms with E-state index in [-0.39, 0.29) is 0 Å². The van der Waals surface area contributed by atoms with E-state index in [0.717, 1.165) is 26.8 Å². The molecular formula is C13H10Br2N2. The van der Waals surface area contributed by atoms with E-state index < -0.39 is 0 Å². The van der Waals surface area contributed by atoms with E-state index in [9.17, 15) is 0 Å². The number of aromatic nitrogens is 2. The summed E-state index contributed by atoms with van der Waals surface area (Å²) < 4.78 is 1.84. The Balaban J connectivity index is 2.51. The van der Waals surface area contributed by atoms with Crippen molar-refractivity contribution in [3.05, 3.63) is 39.0 Å². The van der Waals surface area contributed by atoms with Crippen molar-refractivity contribution in [1.82, 2.24) is 9.97 Å². The first kappa shape index (κ1) is 11.2. The fraction of sp³-hybridized carbons (Fsp3) is 0.154. The Morgan fingerprint density at radius 3 is 2.76 bits per heavy atom. The third kappa shape index (κ3) is 1.70. The summed E-state index contributed by atoms with van der Waals surface area (Å²) in [6.07, 6.45) is 1.01. The molecule has 0 bridgehead atoms. The summed E-state index contributed by atoms with van der Waals surface area (Å²) in [5.74, 6) is 0. The number of hydrogen-bond donors (Lipinski definition) is 1. The molecule has 0 aromatic carbocycles.